The Labute approximate surface area is 97.6 Å². The lowest BCUT2D eigenvalue weighted by molar-refractivity contribution is -0.143. The fourth-order valence-electron chi connectivity index (χ4n) is 1.52. The van der Waals surface area contributed by atoms with Gasteiger partial charge in [-0.3, -0.25) is 9.59 Å². The molecule has 0 aliphatic rings. The molecule has 16 heavy (non-hydrogen) atoms. The van der Waals surface area contributed by atoms with Gasteiger partial charge in [0.2, 0.25) is 5.91 Å². The van der Waals surface area contributed by atoms with Crippen LogP contribution in [0, 0.1) is 17.8 Å². The topological polar surface area (TPSA) is 57.6 Å². The summed E-state index contributed by atoms with van der Waals surface area (Å²) < 4.78 is 0. The predicted octanol–water partition coefficient (Wildman–Crippen LogP) is 1.85. The van der Waals surface area contributed by atoms with E-state index in [4.69, 9.17) is 5.11 Å². The van der Waals surface area contributed by atoms with Crippen molar-refractivity contribution < 1.29 is 14.7 Å². The van der Waals surface area contributed by atoms with E-state index < -0.39 is 11.9 Å². The number of rotatable bonds is 6. The van der Waals surface area contributed by atoms with Crippen LogP contribution in [0.15, 0.2) is 0 Å². The molecule has 0 aromatic carbocycles. The van der Waals surface area contributed by atoms with Gasteiger partial charge in [-0.2, -0.15) is 0 Å². The van der Waals surface area contributed by atoms with Crippen LogP contribution >= 0.6 is 0 Å². The first-order valence-electron chi connectivity index (χ1n) is 5.79. The summed E-state index contributed by atoms with van der Waals surface area (Å²) >= 11 is 0. The summed E-state index contributed by atoms with van der Waals surface area (Å²) in [5.41, 5.74) is 0. The number of carbonyl (C=O) groups excluding carboxylic acids is 1. The zero-order chi connectivity index (χ0) is 12.9. The van der Waals surface area contributed by atoms with Crippen LogP contribution in [-0.4, -0.2) is 35.5 Å². The van der Waals surface area contributed by atoms with Crippen LogP contribution in [0.3, 0.4) is 0 Å². The van der Waals surface area contributed by atoms with Gasteiger partial charge in [-0.25, -0.2) is 0 Å². The average Bonchev–Trinajstić information content (AvgIpc) is 2.25. The van der Waals surface area contributed by atoms with Crippen LogP contribution < -0.4 is 0 Å². The Morgan fingerprint density at radius 1 is 1.25 bits per heavy atom. The molecule has 0 aliphatic heterocycles. The largest absolute Gasteiger partial charge is 0.481 e. The van der Waals surface area contributed by atoms with Crippen molar-refractivity contribution in [1.29, 1.82) is 0 Å². The maximum atomic E-state index is 11.9. The minimum absolute atomic E-state index is 0.0300. The van der Waals surface area contributed by atoms with Crippen molar-refractivity contribution in [1.82, 2.24) is 4.90 Å². The molecule has 0 saturated carbocycles. The quantitative estimate of drug-likeness (QED) is 0.756. The van der Waals surface area contributed by atoms with Crippen LogP contribution in [0.5, 0.6) is 0 Å². The third kappa shape index (κ3) is 4.21. The molecule has 3 unspecified atom stereocenters. The molecule has 0 fully saturated rings. The molecule has 0 radical (unpaired) electrons. The molecule has 4 nitrogen and oxygen atoms in total. The highest BCUT2D eigenvalue weighted by molar-refractivity contribution is 5.79. The first kappa shape index (κ1) is 14.9. The summed E-state index contributed by atoms with van der Waals surface area (Å²) in [6, 6.07) is 0. The molecular formula is C12H23NO3. The van der Waals surface area contributed by atoms with E-state index in [2.05, 4.69) is 0 Å². The average molecular weight is 229 g/mol. The van der Waals surface area contributed by atoms with E-state index >= 15 is 0 Å². The predicted molar refractivity (Wildman–Crippen MR) is 63.1 cm³/mol. The molecule has 0 aliphatic carbocycles. The maximum absolute atomic E-state index is 11.9. The standard InChI is InChI=1S/C12H23NO3/c1-6-8(2)10(4)11(14)13(5)7-9(3)12(15)16/h8-10H,6-7H2,1-5H3,(H,15,16). The van der Waals surface area contributed by atoms with Crippen LogP contribution in [0.1, 0.15) is 34.1 Å². The Kier molecular flexibility index (Phi) is 6.08. The molecule has 3 atom stereocenters. The van der Waals surface area contributed by atoms with Crippen LogP contribution in [0.2, 0.25) is 0 Å². The summed E-state index contributed by atoms with van der Waals surface area (Å²) in [6.07, 6.45) is 0.954. The Hall–Kier alpha value is -1.06. The molecular weight excluding hydrogens is 206 g/mol. The maximum Gasteiger partial charge on any atom is 0.308 e. The second-order valence-corrected chi connectivity index (χ2v) is 4.63. The molecule has 1 amide bonds. The number of amides is 1. The number of hydrogen-bond acceptors (Lipinski definition) is 2. The molecule has 0 heterocycles. The number of hydrogen-bond donors (Lipinski definition) is 1. The molecule has 4 heteroatoms. The summed E-state index contributed by atoms with van der Waals surface area (Å²) in [5, 5.41) is 8.77. The Morgan fingerprint density at radius 2 is 1.75 bits per heavy atom. The molecule has 1 N–H and O–H groups in total. The lowest BCUT2D eigenvalue weighted by Crippen LogP contribution is -2.38. The van der Waals surface area contributed by atoms with Crippen LogP contribution in [-0.2, 0) is 9.59 Å². The molecule has 0 aromatic heterocycles. The van der Waals surface area contributed by atoms with Gasteiger partial charge in [0.1, 0.15) is 0 Å². The Morgan fingerprint density at radius 3 is 2.12 bits per heavy atom. The fraction of sp³-hybridized carbons (Fsp3) is 0.833. The first-order valence-corrected chi connectivity index (χ1v) is 5.79. The zero-order valence-electron chi connectivity index (χ0n) is 10.9. The molecule has 0 bridgehead atoms. The van der Waals surface area contributed by atoms with Crippen molar-refractivity contribution in [3.05, 3.63) is 0 Å². The summed E-state index contributed by atoms with van der Waals surface area (Å²) in [7, 11) is 1.67. The van der Waals surface area contributed by atoms with Gasteiger partial charge in [0, 0.05) is 19.5 Å². The molecule has 94 valence electrons. The number of carboxylic acids is 1. The second kappa shape index (κ2) is 6.51. The highest BCUT2D eigenvalue weighted by Crippen LogP contribution is 2.17. The second-order valence-electron chi connectivity index (χ2n) is 4.63. The van der Waals surface area contributed by atoms with Gasteiger partial charge >= 0.3 is 5.97 Å². The SMILES string of the molecule is CCC(C)C(C)C(=O)N(C)CC(C)C(=O)O. The smallest absolute Gasteiger partial charge is 0.308 e. The van der Waals surface area contributed by atoms with Gasteiger partial charge in [0.05, 0.1) is 5.92 Å². The van der Waals surface area contributed by atoms with Crippen LogP contribution in [0.25, 0.3) is 0 Å². The minimum atomic E-state index is -0.865. The van der Waals surface area contributed by atoms with Gasteiger partial charge in [-0.15, -0.1) is 0 Å². The molecule has 0 spiro atoms. The van der Waals surface area contributed by atoms with E-state index in [0.717, 1.165) is 6.42 Å². The summed E-state index contributed by atoms with van der Waals surface area (Å²) in [5.74, 6) is -1.07. The number of carbonyl (C=O) groups is 2. The number of nitrogens with zero attached hydrogens (tertiary/aromatic N) is 1. The zero-order valence-corrected chi connectivity index (χ0v) is 10.9. The monoisotopic (exact) mass is 229 g/mol. The van der Waals surface area contributed by atoms with Gasteiger partial charge in [-0.05, 0) is 5.92 Å². The van der Waals surface area contributed by atoms with Crippen LogP contribution in [0.4, 0.5) is 0 Å². The third-order valence-electron chi connectivity index (χ3n) is 3.23. The molecule has 0 saturated heterocycles. The van der Waals surface area contributed by atoms with Gasteiger partial charge in [0.15, 0.2) is 0 Å². The van der Waals surface area contributed by atoms with E-state index in [-0.39, 0.29) is 18.4 Å². The van der Waals surface area contributed by atoms with Crippen molar-refractivity contribution in [3.8, 4) is 0 Å². The van der Waals surface area contributed by atoms with Crippen molar-refractivity contribution in [2.24, 2.45) is 17.8 Å². The molecule has 0 rings (SSSR count). The van der Waals surface area contributed by atoms with Gasteiger partial charge in [0.25, 0.3) is 0 Å². The Bertz CT molecular complexity index is 253. The van der Waals surface area contributed by atoms with Crippen molar-refractivity contribution in [2.45, 2.75) is 34.1 Å². The summed E-state index contributed by atoms with van der Waals surface area (Å²) in [4.78, 5) is 24.1. The van der Waals surface area contributed by atoms with E-state index in [1.165, 1.54) is 4.90 Å². The highest BCUT2D eigenvalue weighted by atomic mass is 16.4. The lowest BCUT2D eigenvalue weighted by atomic mass is 9.92. The fourth-order valence-corrected chi connectivity index (χ4v) is 1.52. The number of carboxylic acid groups (broad SMARTS) is 1. The highest BCUT2D eigenvalue weighted by Gasteiger charge is 2.24. The van der Waals surface area contributed by atoms with E-state index in [0.29, 0.717) is 5.92 Å². The minimum Gasteiger partial charge on any atom is -0.481 e. The first-order chi connectivity index (χ1) is 7.31. The van der Waals surface area contributed by atoms with E-state index in [1.807, 2.05) is 20.8 Å². The normalized spacial score (nSPS) is 16.3. The van der Waals surface area contributed by atoms with Gasteiger partial charge in [-0.1, -0.05) is 34.1 Å². The van der Waals surface area contributed by atoms with E-state index in [1.54, 1.807) is 14.0 Å². The lowest BCUT2D eigenvalue weighted by Gasteiger charge is -2.25. The van der Waals surface area contributed by atoms with Gasteiger partial charge < -0.3 is 10.0 Å². The van der Waals surface area contributed by atoms with E-state index in [9.17, 15) is 9.59 Å². The Balaban J connectivity index is 4.33. The van der Waals surface area contributed by atoms with Crippen molar-refractivity contribution in [2.75, 3.05) is 13.6 Å². The third-order valence-corrected chi connectivity index (χ3v) is 3.23. The number of aliphatic carboxylic acids is 1. The van der Waals surface area contributed by atoms with Crippen molar-refractivity contribution >= 4 is 11.9 Å². The summed E-state index contributed by atoms with van der Waals surface area (Å²) in [6.45, 7) is 7.87. The molecule has 0 aromatic rings. The van der Waals surface area contributed by atoms with Crippen molar-refractivity contribution in [3.63, 3.8) is 0 Å².